The van der Waals surface area contributed by atoms with Gasteiger partial charge in [0.05, 0.1) is 39.5 Å². The van der Waals surface area contributed by atoms with Gasteiger partial charge in [0.25, 0.3) is 0 Å². The first-order valence-electron chi connectivity index (χ1n) is 12.6. The van der Waals surface area contributed by atoms with Crippen LogP contribution in [0.5, 0.6) is 0 Å². The topological polar surface area (TPSA) is 82.9 Å². The van der Waals surface area contributed by atoms with Crippen LogP contribution in [0.2, 0.25) is 10.0 Å². The van der Waals surface area contributed by atoms with Gasteiger partial charge in [-0.15, -0.1) is 0 Å². The first kappa shape index (κ1) is 29.1. The predicted octanol–water partition coefficient (Wildman–Crippen LogP) is 6.96. The highest BCUT2D eigenvalue weighted by molar-refractivity contribution is 6.39. The molecule has 10 heteroatoms. The second kappa shape index (κ2) is 13.0. The summed E-state index contributed by atoms with van der Waals surface area (Å²) < 4.78 is 19.2. The Morgan fingerprint density at radius 2 is 1.60 bits per heavy atom. The number of benzene rings is 3. The number of hydrogen-bond donors (Lipinski definition) is 1. The summed E-state index contributed by atoms with van der Waals surface area (Å²) in [7, 11) is 0. The molecule has 0 aliphatic rings. The summed E-state index contributed by atoms with van der Waals surface area (Å²) in [6.07, 6.45) is 1.34. The highest BCUT2D eigenvalue weighted by atomic mass is 35.5. The summed E-state index contributed by atoms with van der Waals surface area (Å²) in [5.41, 5.74) is 1.35. The lowest BCUT2D eigenvalue weighted by molar-refractivity contribution is -0.133. The number of anilines is 1. The van der Waals surface area contributed by atoms with Gasteiger partial charge in [-0.2, -0.15) is 0 Å². The first-order chi connectivity index (χ1) is 19.1. The molecule has 0 atom stereocenters. The van der Waals surface area contributed by atoms with Crippen LogP contribution in [0.3, 0.4) is 0 Å². The minimum atomic E-state index is -0.552. The molecule has 1 heterocycles. The van der Waals surface area contributed by atoms with Crippen molar-refractivity contribution < 1.29 is 18.4 Å². The Hall–Kier alpha value is -3.88. The highest BCUT2D eigenvalue weighted by Crippen LogP contribution is 2.30. The molecule has 4 rings (SSSR count). The molecule has 0 bridgehead atoms. The third-order valence-electron chi connectivity index (χ3n) is 6.15. The van der Waals surface area contributed by atoms with Gasteiger partial charge in [-0.05, 0) is 47.9 Å². The molecule has 0 unspecified atom stereocenters. The first-order valence-corrected chi connectivity index (χ1v) is 13.4. The highest BCUT2D eigenvalue weighted by Gasteiger charge is 2.25. The monoisotopic (exact) mass is 583 g/mol. The molecule has 0 radical (unpaired) electrons. The average molecular weight is 584 g/mol. The van der Waals surface area contributed by atoms with Crippen LogP contribution in [0.15, 0.2) is 82.2 Å². The molecule has 4 aromatic rings. The molecule has 208 valence electrons. The Bertz CT molecular complexity index is 1550. The molecule has 1 N–H and O–H groups in total. The van der Waals surface area contributed by atoms with Gasteiger partial charge in [0.1, 0.15) is 17.9 Å². The molecule has 1 aromatic heterocycles. The number of rotatable bonds is 9. The van der Waals surface area contributed by atoms with E-state index in [9.17, 15) is 18.8 Å². The van der Waals surface area contributed by atoms with Gasteiger partial charge >= 0.3 is 6.03 Å². The van der Waals surface area contributed by atoms with E-state index in [1.54, 1.807) is 54.6 Å². The quantitative estimate of drug-likeness (QED) is 0.231. The van der Waals surface area contributed by atoms with Gasteiger partial charge in [0.2, 0.25) is 5.91 Å². The van der Waals surface area contributed by atoms with Crippen LogP contribution in [0.25, 0.3) is 11.0 Å². The molecular formula is C30H28Cl2FN3O4. The number of fused-ring (bicyclic) bond motifs is 1. The van der Waals surface area contributed by atoms with E-state index in [-0.39, 0.29) is 58.8 Å². The Morgan fingerprint density at radius 1 is 0.925 bits per heavy atom. The van der Waals surface area contributed by atoms with E-state index in [1.807, 2.05) is 13.8 Å². The summed E-state index contributed by atoms with van der Waals surface area (Å²) >= 11 is 12.5. The number of hydrogen-bond acceptors (Lipinski definition) is 4. The number of carbonyl (C=O) groups excluding carboxylic acids is 2. The summed E-state index contributed by atoms with van der Waals surface area (Å²) in [4.78, 5) is 43.0. The van der Waals surface area contributed by atoms with Gasteiger partial charge in [-0.3, -0.25) is 9.59 Å². The van der Waals surface area contributed by atoms with Crippen molar-refractivity contribution in [1.29, 1.82) is 0 Å². The molecule has 0 aliphatic carbocycles. The van der Waals surface area contributed by atoms with E-state index >= 15 is 0 Å². The van der Waals surface area contributed by atoms with Crippen molar-refractivity contribution in [1.82, 2.24) is 9.80 Å². The maximum absolute atomic E-state index is 13.7. The fourth-order valence-corrected chi connectivity index (χ4v) is 4.69. The van der Waals surface area contributed by atoms with Gasteiger partial charge in [-0.25, -0.2) is 9.18 Å². The molecule has 0 fully saturated rings. The number of para-hydroxylation sites is 2. The lowest BCUT2D eigenvalue weighted by atomic mass is 10.1. The van der Waals surface area contributed by atoms with Crippen molar-refractivity contribution in [2.24, 2.45) is 5.92 Å². The zero-order valence-electron chi connectivity index (χ0n) is 22.0. The number of carbonyl (C=O) groups is 2. The van der Waals surface area contributed by atoms with Gasteiger partial charge in [0, 0.05) is 13.1 Å². The number of nitrogens with zero attached hydrogens (tertiary/aromatic N) is 2. The van der Waals surface area contributed by atoms with Crippen molar-refractivity contribution in [3.63, 3.8) is 0 Å². The van der Waals surface area contributed by atoms with E-state index in [0.29, 0.717) is 16.5 Å². The maximum atomic E-state index is 13.7. The SMILES string of the molecule is CC(C)CN(CC(=O)N(Cc1ccc(F)cc1)Cc1coc2ccccc2c1=O)C(=O)Nc1c(Cl)cccc1Cl. The van der Waals surface area contributed by atoms with Crippen LogP contribution < -0.4 is 10.7 Å². The summed E-state index contributed by atoms with van der Waals surface area (Å²) in [5.74, 6) is -0.786. The standard InChI is InChI=1S/C30H28Cl2FN3O4/c1-19(2)14-36(30(39)34-28-24(31)7-5-8-25(28)32)17-27(37)35(15-20-10-12-22(33)13-11-20)16-21-18-40-26-9-4-3-6-23(26)29(21)38/h3-13,18-19H,14-17H2,1-2H3,(H,34,39). The number of urea groups is 1. The lowest BCUT2D eigenvalue weighted by Crippen LogP contribution is -2.45. The van der Waals surface area contributed by atoms with Crippen LogP contribution in [0, 0.1) is 11.7 Å². The van der Waals surface area contributed by atoms with Crippen LogP contribution >= 0.6 is 23.2 Å². The second-order valence-electron chi connectivity index (χ2n) is 9.76. The summed E-state index contributed by atoms with van der Waals surface area (Å²) in [6, 6.07) is 16.9. The normalized spacial score (nSPS) is 11.1. The van der Waals surface area contributed by atoms with E-state index in [0.717, 1.165) is 0 Å². The Morgan fingerprint density at radius 3 is 2.27 bits per heavy atom. The third-order valence-corrected chi connectivity index (χ3v) is 6.78. The van der Waals surface area contributed by atoms with Crippen molar-refractivity contribution >= 4 is 51.8 Å². The van der Waals surface area contributed by atoms with Crippen LogP contribution in [0.4, 0.5) is 14.9 Å². The van der Waals surface area contributed by atoms with Crippen molar-refractivity contribution in [3.8, 4) is 0 Å². The van der Waals surface area contributed by atoms with Crippen LogP contribution in [-0.2, 0) is 17.9 Å². The Balaban J connectivity index is 1.62. The summed E-state index contributed by atoms with van der Waals surface area (Å²) in [5, 5.41) is 3.63. The van der Waals surface area contributed by atoms with Crippen molar-refractivity contribution in [2.45, 2.75) is 26.9 Å². The van der Waals surface area contributed by atoms with Crippen LogP contribution in [0.1, 0.15) is 25.0 Å². The largest absolute Gasteiger partial charge is 0.464 e. The number of nitrogens with one attached hydrogen (secondary N) is 1. The molecule has 3 amide bonds. The maximum Gasteiger partial charge on any atom is 0.322 e. The van der Waals surface area contributed by atoms with Crippen molar-refractivity contribution in [3.05, 3.63) is 110 Å². The molecule has 0 saturated heterocycles. The van der Waals surface area contributed by atoms with Gasteiger partial charge in [0.15, 0.2) is 5.43 Å². The van der Waals surface area contributed by atoms with E-state index in [1.165, 1.54) is 28.2 Å². The molecule has 0 spiro atoms. The van der Waals surface area contributed by atoms with E-state index in [4.69, 9.17) is 27.6 Å². The zero-order chi connectivity index (χ0) is 28.8. The smallest absolute Gasteiger partial charge is 0.322 e. The molecule has 40 heavy (non-hydrogen) atoms. The molecule has 0 saturated carbocycles. The second-order valence-corrected chi connectivity index (χ2v) is 10.6. The van der Waals surface area contributed by atoms with E-state index < -0.39 is 17.8 Å². The molecular weight excluding hydrogens is 556 g/mol. The predicted molar refractivity (Wildman–Crippen MR) is 155 cm³/mol. The van der Waals surface area contributed by atoms with Crippen molar-refractivity contribution in [2.75, 3.05) is 18.4 Å². The summed E-state index contributed by atoms with van der Waals surface area (Å²) in [6.45, 7) is 3.83. The fraction of sp³-hybridized carbons (Fsp3) is 0.233. The Labute approximate surface area is 241 Å². The average Bonchev–Trinajstić information content (AvgIpc) is 2.92. The zero-order valence-corrected chi connectivity index (χ0v) is 23.5. The van der Waals surface area contributed by atoms with Gasteiger partial charge < -0.3 is 19.5 Å². The van der Waals surface area contributed by atoms with Crippen LogP contribution in [-0.4, -0.2) is 34.8 Å². The number of amides is 3. The molecule has 3 aromatic carbocycles. The number of halogens is 3. The molecule has 0 aliphatic heterocycles. The van der Waals surface area contributed by atoms with E-state index in [2.05, 4.69) is 5.32 Å². The molecule has 7 nitrogen and oxygen atoms in total. The minimum absolute atomic E-state index is 0.0401. The lowest BCUT2D eigenvalue weighted by Gasteiger charge is -2.29. The third kappa shape index (κ3) is 7.20. The fourth-order valence-electron chi connectivity index (χ4n) is 4.20. The minimum Gasteiger partial charge on any atom is -0.464 e. The Kier molecular flexibility index (Phi) is 9.45. The van der Waals surface area contributed by atoms with Gasteiger partial charge in [-0.1, -0.05) is 67.4 Å².